The van der Waals surface area contributed by atoms with Crippen LogP contribution in [0.5, 0.6) is 0 Å². The predicted octanol–water partition coefficient (Wildman–Crippen LogP) is 5.16. The molecule has 1 rings (SSSR count). The summed E-state index contributed by atoms with van der Waals surface area (Å²) >= 11 is 0. The Morgan fingerprint density at radius 2 is 1.55 bits per heavy atom. The molecule has 0 heterocycles. The lowest BCUT2D eigenvalue weighted by Gasteiger charge is -2.05. The lowest BCUT2D eigenvalue weighted by Crippen LogP contribution is -2.05. The molecule has 112 valence electrons. The number of unbranched alkanes of at least 4 members (excludes halogenated alkanes) is 5. The SMILES string of the molecule is CCCCCCCCc1ccc(C(=O)OCCC)cc1. The Hall–Kier alpha value is -1.31. The van der Waals surface area contributed by atoms with Crippen LogP contribution in [-0.2, 0) is 11.2 Å². The number of carbonyl (C=O) groups is 1. The maximum atomic E-state index is 11.7. The summed E-state index contributed by atoms with van der Waals surface area (Å²) < 4.78 is 5.11. The van der Waals surface area contributed by atoms with Crippen LogP contribution in [0.2, 0.25) is 0 Å². The Bertz CT molecular complexity index is 368. The first kappa shape index (κ1) is 16.7. The molecule has 0 N–H and O–H groups in total. The van der Waals surface area contributed by atoms with E-state index >= 15 is 0 Å². The summed E-state index contributed by atoms with van der Waals surface area (Å²) in [6, 6.07) is 7.86. The van der Waals surface area contributed by atoms with Crippen molar-refractivity contribution in [3.05, 3.63) is 35.4 Å². The van der Waals surface area contributed by atoms with Crippen LogP contribution >= 0.6 is 0 Å². The van der Waals surface area contributed by atoms with E-state index in [2.05, 4.69) is 19.1 Å². The largest absolute Gasteiger partial charge is 0.462 e. The molecule has 1 aromatic rings. The van der Waals surface area contributed by atoms with E-state index in [4.69, 9.17) is 4.74 Å². The molecule has 0 unspecified atom stereocenters. The number of carbonyl (C=O) groups excluding carboxylic acids is 1. The second-order valence-corrected chi connectivity index (χ2v) is 5.35. The number of benzene rings is 1. The van der Waals surface area contributed by atoms with E-state index in [1.807, 2.05) is 19.1 Å². The average molecular weight is 276 g/mol. The minimum Gasteiger partial charge on any atom is -0.462 e. The molecule has 2 nitrogen and oxygen atoms in total. The lowest BCUT2D eigenvalue weighted by molar-refractivity contribution is 0.0505. The maximum Gasteiger partial charge on any atom is 0.338 e. The number of hydrogen-bond donors (Lipinski definition) is 0. The Morgan fingerprint density at radius 3 is 2.20 bits per heavy atom. The third kappa shape index (κ3) is 6.74. The van der Waals surface area contributed by atoms with E-state index in [9.17, 15) is 4.79 Å². The van der Waals surface area contributed by atoms with E-state index in [0.29, 0.717) is 12.2 Å². The smallest absolute Gasteiger partial charge is 0.338 e. The molecule has 0 radical (unpaired) electrons. The fourth-order valence-corrected chi connectivity index (χ4v) is 2.20. The lowest BCUT2D eigenvalue weighted by atomic mass is 10.0. The van der Waals surface area contributed by atoms with Crippen LogP contribution in [0.4, 0.5) is 0 Å². The predicted molar refractivity (Wildman–Crippen MR) is 84.1 cm³/mol. The van der Waals surface area contributed by atoms with Crippen LogP contribution in [0.3, 0.4) is 0 Å². The van der Waals surface area contributed by atoms with Gasteiger partial charge in [-0.2, -0.15) is 0 Å². The van der Waals surface area contributed by atoms with Gasteiger partial charge in [0.1, 0.15) is 0 Å². The summed E-state index contributed by atoms with van der Waals surface area (Å²) in [4.78, 5) is 11.7. The first-order valence-electron chi connectivity index (χ1n) is 8.04. The number of hydrogen-bond acceptors (Lipinski definition) is 2. The van der Waals surface area contributed by atoms with Crippen LogP contribution in [0.15, 0.2) is 24.3 Å². The molecule has 2 heteroatoms. The van der Waals surface area contributed by atoms with Crippen LogP contribution in [0, 0.1) is 0 Å². The van der Waals surface area contributed by atoms with E-state index in [0.717, 1.165) is 12.8 Å². The van der Waals surface area contributed by atoms with Crippen molar-refractivity contribution in [3.8, 4) is 0 Å². The highest BCUT2D eigenvalue weighted by atomic mass is 16.5. The fourth-order valence-electron chi connectivity index (χ4n) is 2.20. The molecule has 0 aliphatic carbocycles. The molecule has 20 heavy (non-hydrogen) atoms. The van der Waals surface area contributed by atoms with Gasteiger partial charge in [0, 0.05) is 0 Å². The van der Waals surface area contributed by atoms with Crippen molar-refractivity contribution in [2.45, 2.75) is 65.2 Å². The van der Waals surface area contributed by atoms with Gasteiger partial charge in [0.15, 0.2) is 0 Å². The molecule has 0 atom stereocenters. The Balaban J connectivity index is 2.26. The minimum absolute atomic E-state index is 0.210. The standard InChI is InChI=1S/C18H28O2/c1-3-5-6-7-8-9-10-16-11-13-17(14-12-16)18(19)20-15-4-2/h11-14H,3-10,15H2,1-2H3. The van der Waals surface area contributed by atoms with Crippen molar-refractivity contribution >= 4 is 5.97 Å². The van der Waals surface area contributed by atoms with Crippen LogP contribution in [0.25, 0.3) is 0 Å². The normalized spacial score (nSPS) is 10.5. The highest BCUT2D eigenvalue weighted by Gasteiger charge is 2.05. The van der Waals surface area contributed by atoms with E-state index in [1.165, 1.54) is 44.1 Å². The molecule has 1 aromatic carbocycles. The van der Waals surface area contributed by atoms with E-state index < -0.39 is 0 Å². The van der Waals surface area contributed by atoms with E-state index in [1.54, 1.807) is 0 Å². The molecule has 0 aliphatic rings. The Morgan fingerprint density at radius 1 is 0.900 bits per heavy atom. The summed E-state index contributed by atoms with van der Waals surface area (Å²) in [6.07, 6.45) is 9.88. The van der Waals surface area contributed by atoms with E-state index in [-0.39, 0.29) is 5.97 Å². The minimum atomic E-state index is -0.210. The zero-order chi connectivity index (χ0) is 14.6. The highest BCUT2D eigenvalue weighted by Crippen LogP contribution is 2.11. The zero-order valence-corrected chi connectivity index (χ0v) is 13.0. The number of rotatable bonds is 10. The first-order valence-corrected chi connectivity index (χ1v) is 8.04. The quantitative estimate of drug-likeness (QED) is 0.436. The van der Waals surface area contributed by atoms with Crippen molar-refractivity contribution in [1.29, 1.82) is 0 Å². The Labute approximate surface area is 123 Å². The van der Waals surface area contributed by atoms with Crippen LogP contribution < -0.4 is 0 Å². The van der Waals surface area contributed by atoms with Gasteiger partial charge in [-0.05, 0) is 37.0 Å². The fraction of sp³-hybridized carbons (Fsp3) is 0.611. The zero-order valence-electron chi connectivity index (χ0n) is 13.0. The van der Waals surface area contributed by atoms with Gasteiger partial charge in [-0.3, -0.25) is 0 Å². The van der Waals surface area contributed by atoms with Gasteiger partial charge in [-0.15, -0.1) is 0 Å². The third-order valence-corrected chi connectivity index (χ3v) is 3.45. The molecule has 0 saturated heterocycles. The van der Waals surface area contributed by atoms with Crippen LogP contribution in [-0.4, -0.2) is 12.6 Å². The first-order chi connectivity index (χ1) is 9.77. The van der Waals surface area contributed by atoms with Crippen molar-refractivity contribution in [2.75, 3.05) is 6.61 Å². The molecule has 0 amide bonds. The second kappa shape index (κ2) is 10.5. The number of aryl methyl sites for hydroxylation is 1. The van der Waals surface area contributed by atoms with Gasteiger partial charge in [-0.25, -0.2) is 4.79 Å². The van der Waals surface area contributed by atoms with Gasteiger partial charge in [0.2, 0.25) is 0 Å². The molecular formula is C18H28O2. The molecule has 0 aliphatic heterocycles. The molecule has 0 fully saturated rings. The van der Waals surface area contributed by atoms with Crippen LogP contribution in [0.1, 0.15) is 74.7 Å². The molecule has 0 spiro atoms. The third-order valence-electron chi connectivity index (χ3n) is 3.45. The summed E-state index contributed by atoms with van der Waals surface area (Å²) in [6.45, 7) is 4.74. The summed E-state index contributed by atoms with van der Waals surface area (Å²) in [5.74, 6) is -0.210. The molecule has 0 aromatic heterocycles. The van der Waals surface area contributed by atoms with Crippen molar-refractivity contribution in [2.24, 2.45) is 0 Å². The highest BCUT2D eigenvalue weighted by molar-refractivity contribution is 5.89. The average Bonchev–Trinajstić information content (AvgIpc) is 2.49. The van der Waals surface area contributed by atoms with Crippen molar-refractivity contribution in [1.82, 2.24) is 0 Å². The van der Waals surface area contributed by atoms with Crippen molar-refractivity contribution in [3.63, 3.8) is 0 Å². The van der Waals surface area contributed by atoms with Gasteiger partial charge in [0.05, 0.1) is 12.2 Å². The second-order valence-electron chi connectivity index (χ2n) is 5.35. The number of ether oxygens (including phenoxy) is 1. The van der Waals surface area contributed by atoms with Gasteiger partial charge >= 0.3 is 5.97 Å². The van der Waals surface area contributed by atoms with Gasteiger partial charge in [-0.1, -0.05) is 58.1 Å². The molecule has 0 saturated carbocycles. The summed E-state index contributed by atoms with van der Waals surface area (Å²) in [7, 11) is 0. The monoisotopic (exact) mass is 276 g/mol. The molecule has 0 bridgehead atoms. The summed E-state index contributed by atoms with van der Waals surface area (Å²) in [5.41, 5.74) is 1.97. The van der Waals surface area contributed by atoms with Gasteiger partial charge in [0.25, 0.3) is 0 Å². The maximum absolute atomic E-state index is 11.7. The Kier molecular flexibility index (Phi) is 8.77. The van der Waals surface area contributed by atoms with Gasteiger partial charge < -0.3 is 4.74 Å². The summed E-state index contributed by atoms with van der Waals surface area (Å²) in [5, 5.41) is 0. The number of esters is 1. The molecular weight excluding hydrogens is 248 g/mol. The topological polar surface area (TPSA) is 26.3 Å². The van der Waals surface area contributed by atoms with Crippen molar-refractivity contribution < 1.29 is 9.53 Å².